The van der Waals surface area contributed by atoms with Gasteiger partial charge in [-0.1, -0.05) is 0 Å². The van der Waals surface area contributed by atoms with E-state index in [4.69, 9.17) is 0 Å². The predicted octanol–water partition coefficient (Wildman–Crippen LogP) is -0.0329. The molecule has 0 saturated carbocycles. The van der Waals surface area contributed by atoms with Crippen LogP contribution in [-0.4, -0.2) is 82.8 Å². The Labute approximate surface area is 171 Å². The molecule has 1 aliphatic heterocycles. The number of hydrogen-bond donors (Lipinski definition) is 2. The van der Waals surface area contributed by atoms with E-state index in [0.717, 1.165) is 38.5 Å². The molecule has 3 heterocycles. The van der Waals surface area contributed by atoms with E-state index in [2.05, 4.69) is 35.6 Å². The molecule has 156 valence electrons. The van der Waals surface area contributed by atoms with E-state index >= 15 is 0 Å². The molecule has 10 nitrogen and oxygen atoms in total. The Kier molecular flexibility index (Phi) is 7.79. The molecule has 1 fully saturated rings. The van der Waals surface area contributed by atoms with Gasteiger partial charge in [-0.2, -0.15) is 5.10 Å². The van der Waals surface area contributed by atoms with Crippen LogP contribution in [0.3, 0.4) is 0 Å². The Balaban J connectivity index is 1.29. The Hall–Kier alpha value is -3.17. The number of aliphatic imine (C=N–C) groups is 1. The summed E-state index contributed by atoms with van der Waals surface area (Å²) in [5.74, 6) is 1.59. The summed E-state index contributed by atoms with van der Waals surface area (Å²) in [7, 11) is 1.73. The smallest absolute Gasteiger partial charge is 0.225 e. The van der Waals surface area contributed by atoms with Gasteiger partial charge < -0.3 is 20.4 Å². The van der Waals surface area contributed by atoms with Crippen LogP contribution in [0.2, 0.25) is 0 Å². The topological polar surface area (TPSA) is 104 Å². The number of aromatic nitrogens is 4. The largest absolute Gasteiger partial charge is 0.356 e. The molecule has 0 spiro atoms. The second kappa shape index (κ2) is 11.0. The van der Waals surface area contributed by atoms with Crippen LogP contribution in [0.15, 0.2) is 41.9 Å². The summed E-state index contributed by atoms with van der Waals surface area (Å²) in [5.41, 5.74) is 0. The predicted molar refractivity (Wildman–Crippen MR) is 112 cm³/mol. The summed E-state index contributed by atoms with van der Waals surface area (Å²) in [5, 5.41) is 10.6. The number of piperazine rings is 1. The molecule has 0 bridgehead atoms. The normalized spacial score (nSPS) is 14.7. The standard InChI is InChI=1S/C19H29N9O/c1-20-18(21-8-3-11-28-12-4-9-25-28)22-10-5-17(29)26-13-15-27(16-14-26)19-23-6-2-7-24-19/h2,4,6-7,9,12H,3,5,8,10-11,13-16H2,1H3,(H2,20,21,22). The Bertz CT molecular complexity index is 755. The molecule has 2 N–H and O–H groups in total. The van der Waals surface area contributed by atoms with Crippen LogP contribution in [0.1, 0.15) is 12.8 Å². The van der Waals surface area contributed by atoms with Gasteiger partial charge in [0.1, 0.15) is 0 Å². The zero-order valence-electron chi connectivity index (χ0n) is 16.9. The van der Waals surface area contributed by atoms with Gasteiger partial charge in [0.05, 0.1) is 0 Å². The van der Waals surface area contributed by atoms with Gasteiger partial charge in [-0.3, -0.25) is 14.5 Å². The molecular formula is C19H29N9O. The molecule has 1 aliphatic rings. The number of carbonyl (C=O) groups excluding carboxylic acids is 1. The number of aryl methyl sites for hydroxylation is 1. The Morgan fingerprint density at radius 2 is 1.83 bits per heavy atom. The monoisotopic (exact) mass is 399 g/mol. The molecule has 0 aliphatic carbocycles. The lowest BCUT2D eigenvalue weighted by Gasteiger charge is -2.34. The van der Waals surface area contributed by atoms with Crippen molar-refractivity contribution in [3.63, 3.8) is 0 Å². The third-order valence-corrected chi connectivity index (χ3v) is 4.74. The van der Waals surface area contributed by atoms with Crippen molar-refractivity contribution in [3.05, 3.63) is 36.9 Å². The summed E-state index contributed by atoms with van der Waals surface area (Å²) in [6, 6.07) is 3.72. The molecule has 0 aromatic carbocycles. The maximum absolute atomic E-state index is 12.5. The number of rotatable bonds is 8. The van der Waals surface area contributed by atoms with Gasteiger partial charge in [-0.05, 0) is 18.6 Å². The number of nitrogens with one attached hydrogen (secondary N) is 2. The Morgan fingerprint density at radius 3 is 2.52 bits per heavy atom. The van der Waals surface area contributed by atoms with Crippen molar-refractivity contribution in [2.75, 3.05) is 51.2 Å². The van der Waals surface area contributed by atoms with E-state index < -0.39 is 0 Å². The fourth-order valence-corrected chi connectivity index (χ4v) is 3.16. The molecule has 29 heavy (non-hydrogen) atoms. The molecule has 1 saturated heterocycles. The number of carbonyl (C=O) groups is 1. The number of amides is 1. The third kappa shape index (κ3) is 6.44. The zero-order chi connectivity index (χ0) is 20.3. The summed E-state index contributed by atoms with van der Waals surface area (Å²) in [6.45, 7) is 5.09. The fraction of sp³-hybridized carbons (Fsp3) is 0.526. The third-order valence-electron chi connectivity index (χ3n) is 4.74. The first-order valence-corrected chi connectivity index (χ1v) is 9.98. The summed E-state index contributed by atoms with van der Waals surface area (Å²) >= 11 is 0. The van der Waals surface area contributed by atoms with E-state index in [1.54, 1.807) is 31.7 Å². The first-order chi connectivity index (χ1) is 14.3. The summed E-state index contributed by atoms with van der Waals surface area (Å²) in [4.78, 5) is 29.2. The minimum absolute atomic E-state index is 0.153. The van der Waals surface area contributed by atoms with Crippen molar-refractivity contribution in [1.82, 2.24) is 35.3 Å². The van der Waals surface area contributed by atoms with Crippen molar-refractivity contribution in [1.29, 1.82) is 0 Å². The van der Waals surface area contributed by atoms with Gasteiger partial charge in [0.25, 0.3) is 0 Å². The lowest BCUT2D eigenvalue weighted by atomic mass is 10.3. The minimum Gasteiger partial charge on any atom is -0.356 e. The van der Waals surface area contributed by atoms with Crippen LogP contribution < -0.4 is 15.5 Å². The van der Waals surface area contributed by atoms with E-state index in [1.165, 1.54) is 0 Å². The van der Waals surface area contributed by atoms with Gasteiger partial charge in [0.2, 0.25) is 11.9 Å². The average Bonchev–Trinajstić information content (AvgIpc) is 3.29. The second-order valence-corrected chi connectivity index (χ2v) is 6.72. The van der Waals surface area contributed by atoms with E-state index in [-0.39, 0.29) is 5.91 Å². The van der Waals surface area contributed by atoms with E-state index in [0.29, 0.717) is 32.0 Å². The molecule has 3 rings (SSSR count). The molecule has 0 unspecified atom stereocenters. The highest BCUT2D eigenvalue weighted by Crippen LogP contribution is 2.10. The van der Waals surface area contributed by atoms with Crippen LogP contribution >= 0.6 is 0 Å². The number of anilines is 1. The molecule has 2 aromatic rings. The number of guanidine groups is 1. The van der Waals surface area contributed by atoms with Gasteiger partial charge in [-0.15, -0.1) is 0 Å². The molecule has 10 heteroatoms. The summed E-state index contributed by atoms with van der Waals surface area (Å²) < 4.78 is 1.90. The van der Waals surface area contributed by atoms with E-state index in [1.807, 2.05) is 21.8 Å². The minimum atomic E-state index is 0.153. The Morgan fingerprint density at radius 1 is 1.07 bits per heavy atom. The molecule has 0 radical (unpaired) electrons. The number of nitrogens with zero attached hydrogens (tertiary/aromatic N) is 7. The van der Waals surface area contributed by atoms with Crippen LogP contribution in [0, 0.1) is 0 Å². The fourth-order valence-electron chi connectivity index (χ4n) is 3.16. The van der Waals surface area contributed by atoms with Gasteiger partial charge in [0.15, 0.2) is 5.96 Å². The quantitative estimate of drug-likeness (QED) is 0.365. The van der Waals surface area contributed by atoms with Crippen LogP contribution in [-0.2, 0) is 11.3 Å². The van der Waals surface area contributed by atoms with Crippen molar-refractivity contribution in [3.8, 4) is 0 Å². The van der Waals surface area contributed by atoms with E-state index in [9.17, 15) is 4.79 Å². The van der Waals surface area contributed by atoms with Crippen LogP contribution in [0.25, 0.3) is 0 Å². The highest BCUT2D eigenvalue weighted by molar-refractivity contribution is 5.81. The lowest BCUT2D eigenvalue weighted by Crippen LogP contribution is -2.50. The van der Waals surface area contributed by atoms with Crippen molar-refractivity contribution in [2.45, 2.75) is 19.4 Å². The number of hydrogen-bond acceptors (Lipinski definition) is 6. The lowest BCUT2D eigenvalue weighted by molar-refractivity contribution is -0.131. The highest BCUT2D eigenvalue weighted by Gasteiger charge is 2.22. The highest BCUT2D eigenvalue weighted by atomic mass is 16.2. The maximum atomic E-state index is 12.5. The van der Waals surface area contributed by atoms with Crippen LogP contribution in [0.4, 0.5) is 5.95 Å². The second-order valence-electron chi connectivity index (χ2n) is 6.72. The maximum Gasteiger partial charge on any atom is 0.225 e. The van der Waals surface area contributed by atoms with Gasteiger partial charge in [0, 0.05) is 84.1 Å². The van der Waals surface area contributed by atoms with Crippen molar-refractivity contribution < 1.29 is 4.79 Å². The zero-order valence-corrected chi connectivity index (χ0v) is 16.9. The van der Waals surface area contributed by atoms with Gasteiger partial charge >= 0.3 is 0 Å². The SMILES string of the molecule is CN=C(NCCCn1cccn1)NCCC(=O)N1CCN(c2ncccn2)CC1. The first kappa shape index (κ1) is 20.6. The van der Waals surface area contributed by atoms with Crippen molar-refractivity contribution in [2.24, 2.45) is 4.99 Å². The average molecular weight is 400 g/mol. The molecule has 1 amide bonds. The first-order valence-electron chi connectivity index (χ1n) is 9.98. The molecule has 0 atom stereocenters. The van der Waals surface area contributed by atoms with Crippen molar-refractivity contribution >= 4 is 17.8 Å². The van der Waals surface area contributed by atoms with Gasteiger partial charge in [-0.25, -0.2) is 9.97 Å². The summed E-state index contributed by atoms with van der Waals surface area (Å²) in [6.07, 6.45) is 8.59. The van der Waals surface area contributed by atoms with Crippen LogP contribution in [0.5, 0.6) is 0 Å². The molecular weight excluding hydrogens is 370 g/mol. The molecule has 2 aromatic heterocycles.